The zero-order chi connectivity index (χ0) is 22.3. The highest BCUT2D eigenvalue weighted by Gasteiger charge is 2.54. The summed E-state index contributed by atoms with van der Waals surface area (Å²) in [5.41, 5.74) is -1.90. The van der Waals surface area contributed by atoms with E-state index in [0.29, 0.717) is 13.2 Å². The molecule has 0 radical (unpaired) electrons. The van der Waals surface area contributed by atoms with Gasteiger partial charge >= 0.3 is 0 Å². The summed E-state index contributed by atoms with van der Waals surface area (Å²) in [5.74, 6) is 0. The highest BCUT2D eigenvalue weighted by atomic mass is 16.6. The summed E-state index contributed by atoms with van der Waals surface area (Å²) in [6.45, 7) is 19.9. The molecule has 6 heteroatoms. The SMILES string of the molecule is CCCCOC1(COC2CC(C)(C)N(O)C(C)(C)C2)CC(C)(C)N(O)C(C)(C)C1. The molecule has 0 amide bonds. The Morgan fingerprint density at radius 2 is 1.24 bits per heavy atom. The molecule has 2 heterocycles. The standard InChI is InChI=1S/C23H46N2O4/c1-10-11-12-29-23(15-21(6,7)25(27)22(8,9)16-23)17-28-18-13-19(2,3)24(26)20(4,5)14-18/h18,26-27H,10-17H2,1-9H3. The smallest absolute Gasteiger partial charge is 0.0951 e. The third-order valence-electron chi connectivity index (χ3n) is 6.75. The first-order valence-electron chi connectivity index (χ1n) is 11.3. The summed E-state index contributed by atoms with van der Waals surface area (Å²) < 4.78 is 13.1. The van der Waals surface area contributed by atoms with Crippen LogP contribution in [0.5, 0.6) is 0 Å². The third-order valence-corrected chi connectivity index (χ3v) is 6.75. The summed E-state index contributed by atoms with van der Waals surface area (Å²) in [7, 11) is 0. The largest absolute Gasteiger partial charge is 0.375 e. The Kier molecular flexibility index (Phi) is 7.21. The average molecular weight is 415 g/mol. The predicted molar refractivity (Wildman–Crippen MR) is 115 cm³/mol. The molecule has 29 heavy (non-hydrogen) atoms. The van der Waals surface area contributed by atoms with Crippen LogP contribution in [0, 0.1) is 0 Å². The monoisotopic (exact) mass is 414 g/mol. The maximum absolute atomic E-state index is 10.8. The van der Waals surface area contributed by atoms with E-state index in [2.05, 4.69) is 62.3 Å². The van der Waals surface area contributed by atoms with E-state index in [1.807, 2.05) is 0 Å². The van der Waals surface area contributed by atoms with Gasteiger partial charge in [-0.3, -0.25) is 0 Å². The van der Waals surface area contributed by atoms with E-state index >= 15 is 0 Å². The zero-order valence-electron chi connectivity index (χ0n) is 20.3. The fraction of sp³-hybridized carbons (Fsp3) is 1.00. The van der Waals surface area contributed by atoms with Crippen molar-refractivity contribution in [1.29, 1.82) is 0 Å². The number of unbranched alkanes of at least 4 members (excludes halogenated alkanes) is 1. The van der Waals surface area contributed by atoms with Crippen LogP contribution in [0.15, 0.2) is 0 Å². The highest BCUT2D eigenvalue weighted by molar-refractivity contribution is 5.05. The molecule has 172 valence electrons. The van der Waals surface area contributed by atoms with Crippen molar-refractivity contribution in [3.63, 3.8) is 0 Å². The van der Waals surface area contributed by atoms with Crippen molar-refractivity contribution in [3.05, 3.63) is 0 Å². The Labute approximate surface area is 178 Å². The van der Waals surface area contributed by atoms with Crippen molar-refractivity contribution in [2.24, 2.45) is 0 Å². The van der Waals surface area contributed by atoms with E-state index < -0.39 is 16.7 Å². The molecule has 0 bridgehead atoms. The van der Waals surface area contributed by atoms with Gasteiger partial charge in [0.15, 0.2) is 0 Å². The van der Waals surface area contributed by atoms with Gasteiger partial charge in [-0.2, -0.15) is 10.1 Å². The van der Waals surface area contributed by atoms with Crippen LogP contribution in [0.1, 0.15) is 101 Å². The molecule has 0 aliphatic carbocycles. The molecule has 0 atom stereocenters. The quantitative estimate of drug-likeness (QED) is 0.571. The highest BCUT2D eigenvalue weighted by Crippen LogP contribution is 2.45. The Morgan fingerprint density at radius 3 is 1.69 bits per heavy atom. The summed E-state index contributed by atoms with van der Waals surface area (Å²) in [6.07, 6.45) is 5.16. The first kappa shape index (κ1) is 25.0. The second-order valence-corrected chi connectivity index (χ2v) is 12.0. The van der Waals surface area contributed by atoms with E-state index in [4.69, 9.17) is 9.47 Å². The minimum absolute atomic E-state index is 0.0634. The molecular formula is C23H46N2O4. The Hall–Kier alpha value is -0.240. The lowest BCUT2D eigenvalue weighted by Gasteiger charge is -2.57. The zero-order valence-corrected chi connectivity index (χ0v) is 20.3. The minimum Gasteiger partial charge on any atom is -0.375 e. The van der Waals surface area contributed by atoms with Crippen molar-refractivity contribution in [2.45, 2.75) is 135 Å². The van der Waals surface area contributed by atoms with Gasteiger partial charge in [-0.1, -0.05) is 13.3 Å². The molecule has 6 nitrogen and oxygen atoms in total. The molecule has 0 saturated carbocycles. The van der Waals surface area contributed by atoms with Crippen molar-refractivity contribution in [2.75, 3.05) is 13.2 Å². The number of ether oxygens (including phenoxy) is 2. The van der Waals surface area contributed by atoms with Gasteiger partial charge in [0.05, 0.1) is 18.3 Å². The molecule has 0 aromatic carbocycles. The van der Waals surface area contributed by atoms with Crippen LogP contribution in [0.3, 0.4) is 0 Å². The van der Waals surface area contributed by atoms with E-state index in [-0.39, 0.29) is 17.2 Å². The first-order valence-corrected chi connectivity index (χ1v) is 11.3. The Balaban J connectivity index is 2.19. The van der Waals surface area contributed by atoms with Gasteiger partial charge in [-0.15, -0.1) is 0 Å². The molecule has 2 rings (SSSR count). The van der Waals surface area contributed by atoms with Crippen molar-refractivity contribution in [3.8, 4) is 0 Å². The van der Waals surface area contributed by atoms with Gasteiger partial charge in [-0.25, -0.2) is 0 Å². The van der Waals surface area contributed by atoms with Gasteiger partial charge in [0.2, 0.25) is 0 Å². The van der Waals surface area contributed by atoms with Crippen molar-refractivity contribution >= 4 is 0 Å². The third kappa shape index (κ3) is 5.52. The summed E-state index contributed by atoms with van der Waals surface area (Å²) in [4.78, 5) is 0. The van der Waals surface area contributed by atoms with Crippen LogP contribution in [-0.2, 0) is 9.47 Å². The van der Waals surface area contributed by atoms with Crippen LogP contribution >= 0.6 is 0 Å². The summed E-state index contributed by atoms with van der Waals surface area (Å²) in [5, 5.41) is 24.3. The van der Waals surface area contributed by atoms with Crippen LogP contribution in [0.2, 0.25) is 0 Å². The lowest BCUT2D eigenvalue weighted by atomic mass is 9.72. The molecule has 0 unspecified atom stereocenters. The summed E-state index contributed by atoms with van der Waals surface area (Å²) in [6, 6.07) is 0. The fourth-order valence-corrected chi connectivity index (χ4v) is 5.85. The van der Waals surface area contributed by atoms with Gasteiger partial charge in [-0.05, 0) is 87.5 Å². The number of piperidine rings is 2. The van der Waals surface area contributed by atoms with Crippen LogP contribution < -0.4 is 0 Å². The van der Waals surface area contributed by atoms with Gasteiger partial charge in [0, 0.05) is 28.8 Å². The summed E-state index contributed by atoms with van der Waals surface area (Å²) >= 11 is 0. The Bertz CT molecular complexity index is 523. The molecule has 0 spiro atoms. The second kappa shape index (κ2) is 8.36. The topological polar surface area (TPSA) is 65.4 Å². The molecule has 0 aromatic rings. The van der Waals surface area contributed by atoms with Crippen LogP contribution in [0.4, 0.5) is 0 Å². The second-order valence-electron chi connectivity index (χ2n) is 12.0. The van der Waals surface area contributed by atoms with E-state index in [0.717, 1.165) is 38.5 Å². The van der Waals surface area contributed by atoms with Crippen molar-refractivity contribution < 1.29 is 19.9 Å². The lowest BCUT2D eigenvalue weighted by Crippen LogP contribution is -2.66. The molecule has 2 saturated heterocycles. The fourth-order valence-electron chi connectivity index (χ4n) is 5.85. The van der Waals surface area contributed by atoms with Crippen LogP contribution in [-0.4, -0.2) is 67.6 Å². The molecule has 2 aliphatic rings. The maximum Gasteiger partial charge on any atom is 0.0951 e. The number of hydroxylamine groups is 4. The van der Waals surface area contributed by atoms with E-state index in [1.165, 1.54) is 10.1 Å². The molecule has 2 aliphatic heterocycles. The Morgan fingerprint density at radius 1 is 0.793 bits per heavy atom. The van der Waals surface area contributed by atoms with Gasteiger partial charge < -0.3 is 19.9 Å². The molecular weight excluding hydrogens is 368 g/mol. The van der Waals surface area contributed by atoms with Gasteiger partial charge in [0.25, 0.3) is 0 Å². The number of nitrogens with zero attached hydrogens (tertiary/aromatic N) is 2. The normalized spacial score (nSPS) is 29.1. The predicted octanol–water partition coefficient (Wildman–Crippen LogP) is 5.01. The van der Waals surface area contributed by atoms with Crippen LogP contribution in [0.25, 0.3) is 0 Å². The lowest BCUT2D eigenvalue weighted by molar-refractivity contribution is -0.296. The number of hydrogen-bond donors (Lipinski definition) is 2. The molecule has 0 aromatic heterocycles. The molecule has 2 N–H and O–H groups in total. The van der Waals surface area contributed by atoms with E-state index in [1.54, 1.807) is 0 Å². The number of hydrogen-bond acceptors (Lipinski definition) is 6. The first-order chi connectivity index (χ1) is 13.1. The van der Waals surface area contributed by atoms with Crippen molar-refractivity contribution in [1.82, 2.24) is 10.1 Å². The van der Waals surface area contributed by atoms with Gasteiger partial charge in [0.1, 0.15) is 0 Å². The maximum atomic E-state index is 10.8. The average Bonchev–Trinajstić information content (AvgIpc) is 2.55. The minimum atomic E-state index is -0.425. The number of rotatable bonds is 7. The molecule has 2 fully saturated rings. The van der Waals surface area contributed by atoms with E-state index in [9.17, 15) is 10.4 Å².